The Morgan fingerprint density at radius 3 is 3.00 bits per heavy atom. The summed E-state index contributed by atoms with van der Waals surface area (Å²) >= 11 is 3.16. The molecule has 0 spiro atoms. The first-order valence-corrected chi connectivity index (χ1v) is 3.48. The second kappa shape index (κ2) is 6.30. The van der Waals surface area contributed by atoms with Crippen LogP contribution in [-0.4, -0.2) is 17.9 Å². The SMILES string of the molecule is N#C/C=C/C(Br)COC=O. The van der Waals surface area contributed by atoms with Crippen LogP contribution in [0.4, 0.5) is 0 Å². The van der Waals surface area contributed by atoms with Gasteiger partial charge < -0.3 is 4.74 Å². The summed E-state index contributed by atoms with van der Waals surface area (Å²) in [7, 11) is 0. The van der Waals surface area contributed by atoms with Crippen molar-refractivity contribution in [3.8, 4) is 6.07 Å². The van der Waals surface area contributed by atoms with Crippen LogP contribution in [-0.2, 0) is 9.53 Å². The molecular formula is C6H6BrNO2. The standard InChI is InChI=1S/C6H6BrNO2/c7-6(2-1-3-8)4-10-5-9/h1-2,5-6H,4H2/b2-1+. The molecule has 0 amide bonds. The first-order valence-electron chi connectivity index (χ1n) is 2.57. The van der Waals surface area contributed by atoms with E-state index in [2.05, 4.69) is 20.7 Å². The lowest BCUT2D eigenvalue weighted by Crippen LogP contribution is -2.03. The molecule has 0 bridgehead atoms. The minimum Gasteiger partial charge on any atom is -0.466 e. The average Bonchev–Trinajstić information content (AvgIpc) is 1.97. The van der Waals surface area contributed by atoms with E-state index in [0.717, 1.165) is 0 Å². The maximum Gasteiger partial charge on any atom is 0.293 e. The number of halogens is 1. The largest absolute Gasteiger partial charge is 0.466 e. The van der Waals surface area contributed by atoms with Gasteiger partial charge in [0, 0.05) is 6.08 Å². The Balaban J connectivity index is 3.44. The molecule has 4 heteroatoms. The van der Waals surface area contributed by atoms with Gasteiger partial charge in [-0.3, -0.25) is 4.79 Å². The van der Waals surface area contributed by atoms with Crippen LogP contribution in [0.1, 0.15) is 0 Å². The van der Waals surface area contributed by atoms with Crippen LogP contribution in [0.5, 0.6) is 0 Å². The molecule has 0 aliphatic heterocycles. The molecule has 1 unspecified atom stereocenters. The quantitative estimate of drug-likeness (QED) is 0.390. The zero-order valence-electron chi connectivity index (χ0n) is 5.16. The smallest absolute Gasteiger partial charge is 0.293 e. The Labute approximate surface area is 67.4 Å². The second-order valence-corrected chi connectivity index (χ2v) is 2.61. The van der Waals surface area contributed by atoms with Crippen molar-refractivity contribution in [2.24, 2.45) is 0 Å². The van der Waals surface area contributed by atoms with Crippen molar-refractivity contribution in [3.05, 3.63) is 12.2 Å². The molecule has 0 fully saturated rings. The van der Waals surface area contributed by atoms with Crippen LogP contribution in [0.2, 0.25) is 0 Å². The lowest BCUT2D eigenvalue weighted by Gasteiger charge is -1.99. The molecule has 1 atom stereocenters. The van der Waals surface area contributed by atoms with Crippen LogP contribution in [0.3, 0.4) is 0 Å². The van der Waals surface area contributed by atoms with E-state index in [1.807, 2.05) is 6.07 Å². The summed E-state index contributed by atoms with van der Waals surface area (Å²) in [5.41, 5.74) is 0. The fourth-order valence-electron chi connectivity index (χ4n) is 0.334. The first kappa shape index (κ1) is 9.18. The van der Waals surface area contributed by atoms with Gasteiger partial charge in [0.25, 0.3) is 6.47 Å². The van der Waals surface area contributed by atoms with Gasteiger partial charge in [0.05, 0.1) is 10.9 Å². The molecule has 3 nitrogen and oxygen atoms in total. The van der Waals surface area contributed by atoms with E-state index in [9.17, 15) is 4.79 Å². The van der Waals surface area contributed by atoms with Crippen molar-refractivity contribution >= 4 is 22.4 Å². The van der Waals surface area contributed by atoms with Crippen molar-refractivity contribution in [2.45, 2.75) is 4.83 Å². The van der Waals surface area contributed by atoms with Crippen molar-refractivity contribution in [1.29, 1.82) is 5.26 Å². The molecule has 54 valence electrons. The predicted molar refractivity (Wildman–Crippen MR) is 39.5 cm³/mol. The van der Waals surface area contributed by atoms with Crippen molar-refractivity contribution in [2.75, 3.05) is 6.61 Å². The number of carbonyl (C=O) groups is 1. The average molecular weight is 204 g/mol. The van der Waals surface area contributed by atoms with Gasteiger partial charge in [-0.15, -0.1) is 0 Å². The van der Waals surface area contributed by atoms with E-state index in [4.69, 9.17) is 5.26 Å². The molecule has 0 N–H and O–H groups in total. The van der Waals surface area contributed by atoms with Gasteiger partial charge in [0.2, 0.25) is 0 Å². The molecule has 10 heavy (non-hydrogen) atoms. The summed E-state index contributed by atoms with van der Waals surface area (Å²) in [6.07, 6.45) is 2.93. The molecule has 0 saturated heterocycles. The van der Waals surface area contributed by atoms with Gasteiger partial charge >= 0.3 is 0 Å². The number of nitrogens with zero attached hydrogens (tertiary/aromatic N) is 1. The maximum absolute atomic E-state index is 9.65. The van der Waals surface area contributed by atoms with Crippen LogP contribution < -0.4 is 0 Å². The zero-order valence-corrected chi connectivity index (χ0v) is 6.74. The second-order valence-electron chi connectivity index (χ2n) is 1.43. The van der Waals surface area contributed by atoms with E-state index in [-0.39, 0.29) is 11.4 Å². The number of rotatable bonds is 4. The molecule has 0 rings (SSSR count). The van der Waals surface area contributed by atoms with Gasteiger partial charge in [-0.2, -0.15) is 5.26 Å². The topological polar surface area (TPSA) is 50.1 Å². The minimum absolute atomic E-state index is 0.0719. The zero-order chi connectivity index (χ0) is 7.82. The lowest BCUT2D eigenvalue weighted by atomic mass is 10.4. The molecule has 0 aromatic rings. The third-order valence-corrected chi connectivity index (χ3v) is 1.27. The molecule has 0 saturated carbocycles. The number of hydrogen-bond donors (Lipinski definition) is 0. The summed E-state index contributed by atoms with van der Waals surface area (Å²) < 4.78 is 4.40. The van der Waals surface area contributed by atoms with Gasteiger partial charge in [0.15, 0.2) is 0 Å². The Hall–Kier alpha value is -0.820. The van der Waals surface area contributed by atoms with Crippen LogP contribution in [0.25, 0.3) is 0 Å². The highest BCUT2D eigenvalue weighted by Gasteiger charge is 1.96. The highest BCUT2D eigenvalue weighted by Crippen LogP contribution is 2.00. The highest BCUT2D eigenvalue weighted by molar-refractivity contribution is 9.09. The fourth-order valence-corrected chi connectivity index (χ4v) is 0.639. The summed E-state index contributed by atoms with van der Waals surface area (Å²) in [4.78, 5) is 9.58. The third kappa shape index (κ3) is 5.32. The number of allylic oxidation sites excluding steroid dienone is 1. The van der Waals surface area contributed by atoms with Crippen molar-refractivity contribution < 1.29 is 9.53 Å². The highest BCUT2D eigenvalue weighted by atomic mass is 79.9. The summed E-state index contributed by atoms with van der Waals surface area (Å²) in [6.45, 7) is 0.621. The Morgan fingerprint density at radius 1 is 1.80 bits per heavy atom. The Bertz CT molecular complexity index is 162. The van der Waals surface area contributed by atoms with Gasteiger partial charge in [-0.25, -0.2) is 0 Å². The Morgan fingerprint density at radius 2 is 2.50 bits per heavy atom. The molecule has 0 aliphatic rings. The number of nitriles is 1. The van der Waals surface area contributed by atoms with E-state index in [0.29, 0.717) is 6.47 Å². The van der Waals surface area contributed by atoms with E-state index >= 15 is 0 Å². The Kier molecular flexibility index (Phi) is 5.79. The van der Waals surface area contributed by atoms with Gasteiger partial charge in [-0.1, -0.05) is 22.0 Å². The third-order valence-electron chi connectivity index (χ3n) is 0.703. The molecule has 0 heterocycles. The van der Waals surface area contributed by atoms with Crippen LogP contribution in [0, 0.1) is 11.3 Å². The van der Waals surface area contributed by atoms with Gasteiger partial charge in [-0.05, 0) is 0 Å². The number of carbonyl (C=O) groups excluding carboxylic acids is 1. The van der Waals surface area contributed by atoms with Crippen molar-refractivity contribution in [3.63, 3.8) is 0 Å². The number of alkyl halides is 1. The predicted octanol–water partition coefficient (Wildman–Crippen LogP) is 1.00. The molecule has 0 aromatic heterocycles. The van der Waals surface area contributed by atoms with Crippen LogP contribution >= 0.6 is 15.9 Å². The van der Waals surface area contributed by atoms with Crippen LogP contribution in [0.15, 0.2) is 12.2 Å². The van der Waals surface area contributed by atoms with Crippen molar-refractivity contribution in [1.82, 2.24) is 0 Å². The monoisotopic (exact) mass is 203 g/mol. The van der Waals surface area contributed by atoms with E-state index in [1.54, 1.807) is 6.08 Å². The summed E-state index contributed by atoms with van der Waals surface area (Å²) in [6, 6.07) is 1.82. The number of hydrogen-bond acceptors (Lipinski definition) is 3. The van der Waals surface area contributed by atoms with E-state index < -0.39 is 0 Å². The summed E-state index contributed by atoms with van der Waals surface area (Å²) in [5, 5.41) is 8.07. The maximum atomic E-state index is 9.65. The molecule has 0 aliphatic carbocycles. The molecular weight excluding hydrogens is 198 g/mol. The van der Waals surface area contributed by atoms with Gasteiger partial charge in [0.1, 0.15) is 6.61 Å². The summed E-state index contributed by atoms with van der Waals surface area (Å²) in [5.74, 6) is 0. The minimum atomic E-state index is -0.0719. The van der Waals surface area contributed by atoms with E-state index in [1.165, 1.54) is 6.08 Å². The number of ether oxygens (including phenoxy) is 1. The first-order chi connectivity index (χ1) is 4.81. The lowest BCUT2D eigenvalue weighted by molar-refractivity contribution is -0.128. The normalized spacial score (nSPS) is 12.4. The molecule has 0 aromatic carbocycles. The fraction of sp³-hybridized carbons (Fsp3) is 0.333. The molecule has 0 radical (unpaired) electrons.